The lowest BCUT2D eigenvalue weighted by Gasteiger charge is -2.42. The third-order valence-corrected chi connectivity index (χ3v) is 8.27. The number of ether oxygens (including phenoxy) is 1. The molecular formula is C30H33F6N5O3. The minimum Gasteiger partial charge on any atom is -0.628 e. The molecular weight excluding hydrogens is 592 g/mol. The number of primary amides is 1. The number of nitrogens with two attached hydrogens (primary N) is 1. The van der Waals surface area contributed by atoms with Crippen LogP contribution in [0.15, 0.2) is 60.0 Å². The highest BCUT2D eigenvalue weighted by molar-refractivity contribution is 5.77. The summed E-state index contributed by atoms with van der Waals surface area (Å²) in [6, 6.07) is 7.29. The van der Waals surface area contributed by atoms with E-state index in [0.29, 0.717) is 49.2 Å². The number of nitrogens with zero attached hydrogens (tertiary/aromatic N) is 1. The van der Waals surface area contributed by atoms with E-state index in [1.54, 1.807) is 37.3 Å². The van der Waals surface area contributed by atoms with Gasteiger partial charge in [0.15, 0.2) is 12.1 Å². The molecule has 0 aromatic heterocycles. The standard InChI is InChI=1S/C30H33F6N5O3/c1-17-5-2-3-7-22(17)25-13-26(40-8-4-6-19(15-40)27(37)42)44-28-23(14-38-16-39-28)24(41(25)43)11-18-9-20(29(31,32)33)12-21(10-18)30(34,35)36/h2-3,5,7,9-10,12-13,19,24,26,38-39,41H,4,6,8,11,14-16H2,1H3,(H2,37,42)/b25-13-. The Hall–Kier alpha value is -3.59. The number of hydrogen-bond acceptors (Lipinski definition) is 6. The van der Waals surface area contributed by atoms with E-state index in [2.05, 4.69) is 10.6 Å². The van der Waals surface area contributed by atoms with Gasteiger partial charge in [-0.3, -0.25) is 15.0 Å². The summed E-state index contributed by atoms with van der Waals surface area (Å²) in [6.45, 7) is 3.01. The molecule has 5 rings (SSSR count). The summed E-state index contributed by atoms with van der Waals surface area (Å²) in [5.74, 6) is -0.648. The summed E-state index contributed by atoms with van der Waals surface area (Å²) in [7, 11) is 0. The van der Waals surface area contributed by atoms with Crippen LogP contribution in [-0.2, 0) is 28.3 Å². The molecule has 8 nitrogen and oxygen atoms in total. The van der Waals surface area contributed by atoms with Crippen LogP contribution in [-0.4, -0.2) is 49.4 Å². The summed E-state index contributed by atoms with van der Waals surface area (Å²) in [6.07, 6.45) is -8.40. The number of quaternary nitrogens is 1. The molecule has 0 spiro atoms. The Kier molecular flexibility index (Phi) is 8.99. The molecule has 4 atom stereocenters. The van der Waals surface area contributed by atoms with Crippen LogP contribution in [0.1, 0.15) is 40.7 Å². The molecule has 14 heteroatoms. The number of likely N-dealkylation sites (tertiary alicyclic amines) is 1. The quantitative estimate of drug-likeness (QED) is 0.300. The van der Waals surface area contributed by atoms with Crippen molar-refractivity contribution < 1.29 is 40.9 Å². The molecule has 0 radical (unpaired) electrons. The molecule has 3 heterocycles. The molecule has 0 aliphatic carbocycles. The zero-order chi connectivity index (χ0) is 31.8. The third-order valence-electron chi connectivity index (χ3n) is 8.27. The number of aryl methyl sites for hydroxylation is 1. The molecule has 1 fully saturated rings. The van der Waals surface area contributed by atoms with Crippen molar-refractivity contribution in [1.29, 1.82) is 0 Å². The first kappa shape index (κ1) is 31.8. The molecule has 5 N–H and O–H groups in total. The third kappa shape index (κ3) is 6.88. The second kappa shape index (κ2) is 12.4. The molecule has 4 unspecified atom stereocenters. The molecule has 2 aromatic rings. The van der Waals surface area contributed by atoms with Crippen molar-refractivity contribution in [3.63, 3.8) is 0 Å². The first-order valence-electron chi connectivity index (χ1n) is 14.2. The number of rotatable bonds is 5. The van der Waals surface area contributed by atoms with Gasteiger partial charge in [0.1, 0.15) is 11.7 Å². The fourth-order valence-corrected chi connectivity index (χ4v) is 5.99. The Morgan fingerprint density at radius 1 is 1.11 bits per heavy atom. The van der Waals surface area contributed by atoms with Crippen LogP contribution in [0, 0.1) is 18.0 Å². The highest BCUT2D eigenvalue weighted by Crippen LogP contribution is 2.37. The first-order valence-corrected chi connectivity index (χ1v) is 14.2. The second-order valence-corrected chi connectivity index (χ2v) is 11.3. The van der Waals surface area contributed by atoms with Crippen LogP contribution in [0.25, 0.3) is 5.70 Å². The minimum absolute atomic E-state index is 0.0716. The van der Waals surface area contributed by atoms with Gasteiger partial charge in [-0.1, -0.05) is 18.2 Å². The lowest BCUT2D eigenvalue weighted by molar-refractivity contribution is -0.793. The number of nitrogens with one attached hydrogen (secondary N) is 3. The summed E-state index contributed by atoms with van der Waals surface area (Å²) in [5, 5.41) is 20.2. The van der Waals surface area contributed by atoms with Gasteiger partial charge in [-0.15, -0.1) is 0 Å². The highest BCUT2D eigenvalue weighted by Gasteiger charge is 2.40. The number of halogens is 6. The van der Waals surface area contributed by atoms with Gasteiger partial charge in [0, 0.05) is 37.7 Å². The number of alkyl halides is 6. The first-order chi connectivity index (χ1) is 20.7. The molecule has 238 valence electrons. The van der Waals surface area contributed by atoms with E-state index < -0.39 is 59.1 Å². The smallest absolute Gasteiger partial charge is 0.416 e. The number of amides is 1. The molecule has 1 amide bonds. The van der Waals surface area contributed by atoms with Crippen molar-refractivity contribution in [2.24, 2.45) is 11.7 Å². The van der Waals surface area contributed by atoms with Gasteiger partial charge in [0.2, 0.25) is 5.91 Å². The largest absolute Gasteiger partial charge is 0.628 e. The van der Waals surface area contributed by atoms with E-state index in [0.717, 1.165) is 5.56 Å². The van der Waals surface area contributed by atoms with Crippen molar-refractivity contribution in [3.05, 3.63) is 93.0 Å². The minimum atomic E-state index is -5.03. The Morgan fingerprint density at radius 3 is 2.43 bits per heavy atom. The van der Waals surface area contributed by atoms with Crippen molar-refractivity contribution >= 4 is 11.6 Å². The molecule has 44 heavy (non-hydrogen) atoms. The van der Waals surface area contributed by atoms with E-state index in [-0.39, 0.29) is 36.4 Å². The molecule has 0 saturated carbocycles. The number of piperidine rings is 1. The average molecular weight is 626 g/mol. The number of hydrogen-bond donors (Lipinski definition) is 4. The van der Waals surface area contributed by atoms with E-state index in [1.807, 2.05) is 4.90 Å². The topological polar surface area (TPSA) is 107 Å². The maximum absolute atomic E-state index is 14.5. The fraction of sp³-hybridized carbons (Fsp3) is 0.433. The lowest BCUT2D eigenvalue weighted by Crippen LogP contribution is -3.09. The lowest BCUT2D eigenvalue weighted by atomic mass is 9.92. The van der Waals surface area contributed by atoms with E-state index in [1.165, 1.54) is 0 Å². The Balaban J connectivity index is 1.63. The van der Waals surface area contributed by atoms with Gasteiger partial charge in [-0.05, 0) is 55.2 Å². The monoisotopic (exact) mass is 625 g/mol. The van der Waals surface area contributed by atoms with Crippen LogP contribution in [0.5, 0.6) is 0 Å². The number of hydroxylamine groups is 2. The Morgan fingerprint density at radius 2 is 1.80 bits per heavy atom. The summed E-state index contributed by atoms with van der Waals surface area (Å²) in [4.78, 5) is 13.9. The van der Waals surface area contributed by atoms with Gasteiger partial charge in [0.25, 0.3) is 0 Å². The summed E-state index contributed by atoms with van der Waals surface area (Å²) < 4.78 is 88.5. The van der Waals surface area contributed by atoms with Gasteiger partial charge in [-0.25, -0.2) is 0 Å². The molecule has 2 aromatic carbocycles. The van der Waals surface area contributed by atoms with Crippen molar-refractivity contribution in [3.8, 4) is 0 Å². The number of carbonyl (C=O) groups is 1. The average Bonchev–Trinajstić information content (AvgIpc) is 2.97. The van der Waals surface area contributed by atoms with E-state index in [9.17, 15) is 36.3 Å². The number of carbonyl (C=O) groups excluding carboxylic acids is 1. The van der Waals surface area contributed by atoms with Gasteiger partial charge < -0.3 is 26.1 Å². The maximum atomic E-state index is 14.5. The molecule has 1 saturated heterocycles. The SMILES string of the molecule is Cc1ccccc1/C1=C/C(N2CCCC(C(N)=O)C2)OC2=C(CNCN2)C(Cc2cc(C(F)(F)F)cc(C(F)(F)F)c2)[NH+]1[O-]. The second-order valence-electron chi connectivity index (χ2n) is 11.3. The summed E-state index contributed by atoms with van der Waals surface area (Å²) in [5.41, 5.74) is 4.31. The van der Waals surface area contributed by atoms with Crippen LogP contribution in [0.2, 0.25) is 0 Å². The van der Waals surface area contributed by atoms with Crippen LogP contribution >= 0.6 is 0 Å². The predicted molar refractivity (Wildman–Crippen MR) is 149 cm³/mol. The highest BCUT2D eigenvalue weighted by atomic mass is 19.4. The maximum Gasteiger partial charge on any atom is 0.416 e. The number of benzene rings is 2. The van der Waals surface area contributed by atoms with E-state index in [4.69, 9.17) is 10.5 Å². The van der Waals surface area contributed by atoms with Crippen molar-refractivity contribution in [2.75, 3.05) is 26.3 Å². The Bertz CT molecular complexity index is 1430. The zero-order valence-electron chi connectivity index (χ0n) is 23.8. The van der Waals surface area contributed by atoms with E-state index >= 15 is 0 Å². The predicted octanol–water partition coefficient (Wildman–Crippen LogP) is 3.28. The van der Waals surface area contributed by atoms with Gasteiger partial charge in [-0.2, -0.15) is 26.3 Å². The van der Waals surface area contributed by atoms with Crippen molar-refractivity contribution in [2.45, 2.75) is 50.8 Å². The van der Waals surface area contributed by atoms with Crippen molar-refractivity contribution in [1.82, 2.24) is 15.5 Å². The van der Waals surface area contributed by atoms with Gasteiger partial charge >= 0.3 is 12.4 Å². The van der Waals surface area contributed by atoms with Crippen LogP contribution < -0.4 is 21.4 Å². The Labute approximate surface area is 250 Å². The van der Waals surface area contributed by atoms with Gasteiger partial charge in [0.05, 0.1) is 29.3 Å². The fourth-order valence-electron chi connectivity index (χ4n) is 5.99. The summed E-state index contributed by atoms with van der Waals surface area (Å²) >= 11 is 0. The van der Waals surface area contributed by atoms with Crippen LogP contribution in [0.3, 0.4) is 0 Å². The molecule has 0 bridgehead atoms. The van der Waals surface area contributed by atoms with Crippen LogP contribution in [0.4, 0.5) is 26.3 Å². The molecule has 3 aliphatic heterocycles. The molecule has 3 aliphatic rings. The normalized spacial score (nSPS) is 26.4. The zero-order valence-corrected chi connectivity index (χ0v) is 23.8.